The maximum atomic E-state index is 12.5. The summed E-state index contributed by atoms with van der Waals surface area (Å²) in [4.78, 5) is 2.21. The summed E-state index contributed by atoms with van der Waals surface area (Å²) in [5, 5.41) is 3.28. The van der Waals surface area contributed by atoms with Crippen molar-refractivity contribution in [1.29, 1.82) is 0 Å². The first-order chi connectivity index (χ1) is 12.0. The summed E-state index contributed by atoms with van der Waals surface area (Å²) < 4.78 is 52.3. The van der Waals surface area contributed by atoms with Gasteiger partial charge in [0.05, 0.1) is 19.4 Å². The molecule has 1 N–H and O–H groups in total. The van der Waals surface area contributed by atoms with Gasteiger partial charge in [-0.1, -0.05) is 0 Å². The maximum absolute atomic E-state index is 12.5. The Bertz CT molecular complexity index is 683. The summed E-state index contributed by atoms with van der Waals surface area (Å²) >= 11 is 0. The van der Waals surface area contributed by atoms with Gasteiger partial charge in [-0.05, 0) is 24.3 Å². The van der Waals surface area contributed by atoms with E-state index in [4.69, 9.17) is 9.15 Å². The van der Waals surface area contributed by atoms with Crippen molar-refractivity contribution in [2.45, 2.75) is 12.4 Å². The maximum Gasteiger partial charge on any atom is 0.573 e. The minimum absolute atomic E-state index is 0.244. The van der Waals surface area contributed by atoms with E-state index < -0.39 is 6.36 Å². The molecule has 1 aliphatic rings. The highest BCUT2D eigenvalue weighted by atomic mass is 19.4. The summed E-state index contributed by atoms with van der Waals surface area (Å²) in [5.41, 5.74) is 0.730. The Hall–Kier alpha value is -2.19. The molecule has 8 heteroatoms. The van der Waals surface area contributed by atoms with Crippen LogP contribution in [0.1, 0.15) is 17.4 Å². The highest BCUT2D eigenvalue weighted by Gasteiger charge is 2.33. The van der Waals surface area contributed by atoms with E-state index in [1.807, 2.05) is 6.07 Å². The van der Waals surface area contributed by atoms with Gasteiger partial charge in [0, 0.05) is 37.8 Å². The molecule has 1 aliphatic heterocycles. The van der Waals surface area contributed by atoms with E-state index in [1.165, 1.54) is 19.2 Å². The van der Waals surface area contributed by atoms with Crippen molar-refractivity contribution >= 4 is 0 Å². The van der Waals surface area contributed by atoms with E-state index >= 15 is 0 Å². The van der Waals surface area contributed by atoms with E-state index in [0.29, 0.717) is 11.5 Å². The van der Waals surface area contributed by atoms with Crippen LogP contribution in [-0.4, -0.2) is 44.6 Å². The largest absolute Gasteiger partial charge is 0.573 e. The van der Waals surface area contributed by atoms with Crippen LogP contribution in [-0.2, 0) is 0 Å². The van der Waals surface area contributed by atoms with Gasteiger partial charge in [0.25, 0.3) is 0 Å². The van der Waals surface area contributed by atoms with E-state index in [-0.39, 0.29) is 11.8 Å². The topological polar surface area (TPSA) is 46.9 Å². The first-order valence-corrected chi connectivity index (χ1v) is 7.90. The van der Waals surface area contributed by atoms with Crippen LogP contribution in [0.2, 0.25) is 0 Å². The number of hydrogen-bond acceptors (Lipinski definition) is 5. The van der Waals surface area contributed by atoms with Crippen LogP contribution < -0.4 is 14.8 Å². The lowest BCUT2D eigenvalue weighted by Crippen LogP contribution is -2.45. The van der Waals surface area contributed by atoms with Crippen LogP contribution in [0.4, 0.5) is 13.2 Å². The lowest BCUT2D eigenvalue weighted by atomic mass is 10.0. The van der Waals surface area contributed by atoms with Gasteiger partial charge in [-0.15, -0.1) is 13.2 Å². The number of halogens is 3. The molecule has 0 bridgehead atoms. The molecule has 1 fully saturated rings. The Morgan fingerprint density at radius 3 is 2.56 bits per heavy atom. The second-order valence-corrected chi connectivity index (χ2v) is 5.66. The van der Waals surface area contributed by atoms with Crippen molar-refractivity contribution in [2.75, 3.05) is 33.3 Å². The molecule has 0 amide bonds. The normalized spacial score (nSPS) is 17.3. The van der Waals surface area contributed by atoms with Gasteiger partial charge in [-0.2, -0.15) is 0 Å². The summed E-state index contributed by atoms with van der Waals surface area (Å²) in [6.07, 6.45) is -3.16. The zero-order valence-corrected chi connectivity index (χ0v) is 13.7. The fourth-order valence-corrected chi connectivity index (χ4v) is 3.03. The molecular weight excluding hydrogens is 337 g/mol. The Labute approximate surface area is 143 Å². The Kier molecular flexibility index (Phi) is 5.19. The number of rotatable bonds is 5. The SMILES string of the molecule is COc1cc(OC(F)(F)F)ccc1[C@@H](c1ccco1)N1CCNCC1. The summed E-state index contributed by atoms with van der Waals surface area (Å²) in [6, 6.07) is 7.54. The molecule has 1 aromatic carbocycles. The number of ether oxygens (including phenoxy) is 2. The first kappa shape index (κ1) is 17.6. The first-order valence-electron chi connectivity index (χ1n) is 7.90. The number of benzene rings is 1. The highest BCUT2D eigenvalue weighted by Crippen LogP contribution is 2.38. The molecule has 2 aromatic rings. The summed E-state index contributed by atoms with van der Waals surface area (Å²) in [7, 11) is 1.42. The van der Waals surface area contributed by atoms with Crippen molar-refractivity contribution in [2.24, 2.45) is 0 Å². The van der Waals surface area contributed by atoms with Gasteiger partial charge in [0.1, 0.15) is 17.3 Å². The van der Waals surface area contributed by atoms with E-state index in [2.05, 4.69) is 15.0 Å². The third kappa shape index (κ3) is 4.26. The van der Waals surface area contributed by atoms with Gasteiger partial charge >= 0.3 is 6.36 Å². The second-order valence-electron chi connectivity index (χ2n) is 5.66. The third-order valence-corrected chi connectivity index (χ3v) is 4.06. The predicted octanol–water partition coefficient (Wildman–Crippen LogP) is 3.18. The number of nitrogens with one attached hydrogen (secondary N) is 1. The Morgan fingerprint density at radius 2 is 1.96 bits per heavy atom. The van der Waals surface area contributed by atoms with E-state index in [9.17, 15) is 13.2 Å². The molecule has 0 spiro atoms. The highest BCUT2D eigenvalue weighted by molar-refractivity contribution is 5.45. The lowest BCUT2D eigenvalue weighted by Gasteiger charge is -2.34. The van der Waals surface area contributed by atoms with Gasteiger partial charge in [0.2, 0.25) is 0 Å². The fourth-order valence-electron chi connectivity index (χ4n) is 3.03. The van der Waals surface area contributed by atoms with E-state index in [0.717, 1.165) is 31.7 Å². The molecule has 0 aliphatic carbocycles. The van der Waals surface area contributed by atoms with Crippen LogP contribution in [0.25, 0.3) is 0 Å². The smallest absolute Gasteiger partial charge is 0.496 e. The van der Waals surface area contributed by atoms with Crippen LogP contribution >= 0.6 is 0 Å². The molecule has 1 atom stereocenters. The van der Waals surface area contributed by atoms with Crippen molar-refractivity contribution < 1.29 is 27.1 Å². The minimum Gasteiger partial charge on any atom is -0.496 e. The lowest BCUT2D eigenvalue weighted by molar-refractivity contribution is -0.274. The standard InChI is InChI=1S/C17H19F3N2O3/c1-23-15-11-12(25-17(18,19)20)4-5-13(15)16(14-3-2-10-24-14)22-8-6-21-7-9-22/h2-5,10-11,16,21H,6-9H2,1H3/t16-/m0/s1. The van der Waals surface area contributed by atoms with Crippen LogP contribution in [0, 0.1) is 0 Å². The average Bonchev–Trinajstić information content (AvgIpc) is 3.10. The second kappa shape index (κ2) is 7.37. The van der Waals surface area contributed by atoms with Crippen molar-refractivity contribution in [3.05, 3.63) is 47.9 Å². The average molecular weight is 356 g/mol. The quantitative estimate of drug-likeness (QED) is 0.892. The zero-order valence-electron chi connectivity index (χ0n) is 13.7. The molecule has 5 nitrogen and oxygen atoms in total. The molecule has 1 aromatic heterocycles. The molecule has 0 saturated carbocycles. The molecule has 3 rings (SSSR count). The van der Waals surface area contributed by atoms with Gasteiger partial charge in [-0.25, -0.2) is 0 Å². The third-order valence-electron chi connectivity index (χ3n) is 4.06. The molecule has 1 saturated heterocycles. The Balaban J connectivity index is 1.97. The molecule has 0 unspecified atom stereocenters. The number of nitrogens with zero attached hydrogens (tertiary/aromatic N) is 1. The van der Waals surface area contributed by atoms with Crippen LogP contribution in [0.3, 0.4) is 0 Å². The number of alkyl halides is 3. The number of piperazine rings is 1. The van der Waals surface area contributed by atoms with Crippen LogP contribution in [0.15, 0.2) is 41.0 Å². The fraction of sp³-hybridized carbons (Fsp3) is 0.412. The van der Waals surface area contributed by atoms with Gasteiger partial charge in [-0.3, -0.25) is 4.90 Å². The number of methoxy groups -OCH3 is 1. The molecule has 25 heavy (non-hydrogen) atoms. The zero-order chi connectivity index (χ0) is 17.9. The predicted molar refractivity (Wildman–Crippen MR) is 84.7 cm³/mol. The molecule has 0 radical (unpaired) electrons. The van der Waals surface area contributed by atoms with Gasteiger partial charge in [0.15, 0.2) is 0 Å². The molecule has 2 heterocycles. The Morgan fingerprint density at radius 1 is 1.20 bits per heavy atom. The van der Waals surface area contributed by atoms with Crippen molar-refractivity contribution in [3.63, 3.8) is 0 Å². The monoisotopic (exact) mass is 356 g/mol. The van der Waals surface area contributed by atoms with Crippen LogP contribution in [0.5, 0.6) is 11.5 Å². The molecular formula is C17H19F3N2O3. The minimum atomic E-state index is -4.74. The molecule has 136 valence electrons. The van der Waals surface area contributed by atoms with Crippen molar-refractivity contribution in [1.82, 2.24) is 10.2 Å². The summed E-state index contributed by atoms with van der Waals surface area (Å²) in [5.74, 6) is 0.720. The van der Waals surface area contributed by atoms with Gasteiger partial charge < -0.3 is 19.2 Å². The summed E-state index contributed by atoms with van der Waals surface area (Å²) in [6.45, 7) is 3.23. The van der Waals surface area contributed by atoms with E-state index in [1.54, 1.807) is 18.4 Å². The number of hydrogen-bond donors (Lipinski definition) is 1. The van der Waals surface area contributed by atoms with Crippen molar-refractivity contribution in [3.8, 4) is 11.5 Å². The number of furan rings is 1.